The maximum absolute atomic E-state index is 4.81. The zero-order valence-corrected chi connectivity index (χ0v) is 13.8. The number of benzene rings is 2. The molecule has 5 rings (SSSR count). The number of hydrogen-bond acceptors (Lipinski definition) is 1. The lowest BCUT2D eigenvalue weighted by molar-refractivity contribution is -0.660. The van der Waals surface area contributed by atoms with Gasteiger partial charge in [-0.15, -0.1) is 0 Å². The van der Waals surface area contributed by atoms with Crippen LogP contribution < -0.4 is 4.57 Å². The van der Waals surface area contributed by atoms with Crippen LogP contribution in [0.4, 0.5) is 0 Å². The van der Waals surface area contributed by atoms with Crippen LogP contribution in [0, 0.1) is 6.92 Å². The van der Waals surface area contributed by atoms with E-state index < -0.39 is 0 Å². The quantitative estimate of drug-likeness (QED) is 0.432. The number of rotatable bonds is 1. The number of imidazole rings is 1. The Bertz CT molecular complexity index is 1110. The molecule has 0 N–H and O–H groups in total. The minimum atomic E-state index is 0.893. The van der Waals surface area contributed by atoms with Gasteiger partial charge in [-0.1, -0.05) is 30.3 Å². The number of aromatic nitrogens is 3. The third kappa shape index (κ3) is 1.78. The van der Waals surface area contributed by atoms with Crippen molar-refractivity contribution < 1.29 is 4.57 Å². The van der Waals surface area contributed by atoms with E-state index in [0.717, 1.165) is 17.8 Å². The third-order valence-electron chi connectivity index (χ3n) is 4.98. The molecule has 0 amide bonds. The molecule has 24 heavy (non-hydrogen) atoms. The lowest BCUT2D eigenvalue weighted by Crippen LogP contribution is -2.31. The molecule has 3 nitrogen and oxygen atoms in total. The van der Waals surface area contributed by atoms with Crippen LogP contribution in [0.5, 0.6) is 0 Å². The van der Waals surface area contributed by atoms with E-state index in [1.54, 1.807) is 0 Å². The predicted molar refractivity (Wildman–Crippen MR) is 95.2 cm³/mol. The SMILES string of the molecule is Cc1ccccc1-c1cc2c(c[n+]1C)-n1c(nc3ccccc31)C2. The molecule has 116 valence electrons. The highest BCUT2D eigenvalue weighted by Gasteiger charge is 2.27. The maximum atomic E-state index is 4.81. The van der Waals surface area contributed by atoms with Gasteiger partial charge in [0.1, 0.15) is 18.6 Å². The molecule has 4 aromatic rings. The number of hydrogen-bond donors (Lipinski definition) is 0. The van der Waals surface area contributed by atoms with Gasteiger partial charge in [-0.2, -0.15) is 4.57 Å². The lowest BCUT2D eigenvalue weighted by atomic mass is 10.0. The Morgan fingerprint density at radius 3 is 2.71 bits per heavy atom. The van der Waals surface area contributed by atoms with E-state index in [1.807, 2.05) is 6.07 Å². The van der Waals surface area contributed by atoms with E-state index in [1.165, 1.54) is 33.6 Å². The normalized spacial score (nSPS) is 12.4. The van der Waals surface area contributed by atoms with Crippen LogP contribution >= 0.6 is 0 Å². The van der Waals surface area contributed by atoms with Crippen molar-refractivity contribution >= 4 is 11.0 Å². The Balaban J connectivity index is 1.74. The summed E-state index contributed by atoms with van der Waals surface area (Å²) in [5, 5.41) is 0. The lowest BCUT2D eigenvalue weighted by Gasteiger charge is -2.07. The first-order valence-electron chi connectivity index (χ1n) is 8.27. The van der Waals surface area contributed by atoms with Crippen LogP contribution in [-0.2, 0) is 13.5 Å². The van der Waals surface area contributed by atoms with Crippen molar-refractivity contribution in [1.82, 2.24) is 9.55 Å². The Morgan fingerprint density at radius 1 is 1.04 bits per heavy atom. The fourth-order valence-electron chi connectivity index (χ4n) is 3.78. The topological polar surface area (TPSA) is 21.7 Å². The summed E-state index contributed by atoms with van der Waals surface area (Å²) in [4.78, 5) is 4.81. The van der Waals surface area contributed by atoms with Crippen LogP contribution in [0.1, 0.15) is 17.0 Å². The second kappa shape index (κ2) is 4.78. The molecule has 3 heterocycles. The number of pyridine rings is 1. The highest BCUT2D eigenvalue weighted by Crippen LogP contribution is 2.33. The van der Waals surface area contributed by atoms with Gasteiger partial charge in [0, 0.05) is 18.1 Å². The monoisotopic (exact) mass is 312 g/mol. The Labute approximate surface area is 140 Å². The summed E-state index contributed by atoms with van der Waals surface area (Å²) >= 11 is 0. The number of fused-ring (bicyclic) bond motifs is 5. The molecule has 0 aliphatic carbocycles. The molecule has 0 spiro atoms. The van der Waals surface area contributed by atoms with Gasteiger partial charge in [-0.25, -0.2) is 4.98 Å². The summed E-state index contributed by atoms with van der Waals surface area (Å²) in [6.45, 7) is 2.17. The summed E-state index contributed by atoms with van der Waals surface area (Å²) in [6.07, 6.45) is 3.13. The Morgan fingerprint density at radius 2 is 1.83 bits per heavy atom. The summed E-state index contributed by atoms with van der Waals surface area (Å²) in [5.74, 6) is 1.13. The zero-order valence-electron chi connectivity index (χ0n) is 13.8. The largest absolute Gasteiger partial charge is 0.290 e. The fraction of sp³-hybridized carbons (Fsp3) is 0.143. The minimum Gasteiger partial charge on any atom is -0.290 e. The molecule has 0 saturated carbocycles. The summed E-state index contributed by atoms with van der Waals surface area (Å²) in [6, 6.07) is 19.2. The second-order valence-electron chi connectivity index (χ2n) is 6.52. The molecule has 2 aromatic heterocycles. The molecule has 1 aliphatic heterocycles. The third-order valence-corrected chi connectivity index (χ3v) is 4.98. The average molecular weight is 312 g/mol. The van der Waals surface area contributed by atoms with Crippen molar-refractivity contribution in [3.05, 3.63) is 77.7 Å². The van der Waals surface area contributed by atoms with E-state index in [9.17, 15) is 0 Å². The van der Waals surface area contributed by atoms with Crippen molar-refractivity contribution in [3.8, 4) is 16.9 Å². The van der Waals surface area contributed by atoms with Crippen molar-refractivity contribution in [2.24, 2.45) is 7.05 Å². The molecule has 0 radical (unpaired) electrons. The maximum Gasteiger partial charge on any atom is 0.212 e. The van der Waals surface area contributed by atoms with Crippen molar-refractivity contribution in [2.75, 3.05) is 0 Å². The number of nitrogens with zero attached hydrogens (tertiary/aromatic N) is 3. The van der Waals surface area contributed by atoms with E-state index in [-0.39, 0.29) is 0 Å². The molecule has 1 aliphatic rings. The van der Waals surface area contributed by atoms with E-state index in [4.69, 9.17) is 4.98 Å². The standard InChI is InChI=1S/C21H18N3/c1-14-7-3-4-8-16(14)19-11-15-12-21-22-17-9-5-6-10-18(17)24(21)20(15)13-23(19)2/h3-11,13H,12H2,1-2H3/q+1. The average Bonchev–Trinajstić information content (AvgIpc) is 3.10. The van der Waals surface area contributed by atoms with Gasteiger partial charge in [0.05, 0.1) is 11.0 Å². The van der Waals surface area contributed by atoms with Gasteiger partial charge in [0.2, 0.25) is 5.69 Å². The van der Waals surface area contributed by atoms with Gasteiger partial charge >= 0.3 is 0 Å². The molecule has 2 aromatic carbocycles. The summed E-state index contributed by atoms with van der Waals surface area (Å²) < 4.78 is 4.53. The molecular formula is C21H18N3+. The van der Waals surface area contributed by atoms with Gasteiger partial charge in [-0.05, 0) is 36.2 Å². The first kappa shape index (κ1) is 13.5. The van der Waals surface area contributed by atoms with Gasteiger partial charge < -0.3 is 0 Å². The predicted octanol–water partition coefficient (Wildman–Crippen LogP) is 3.73. The highest BCUT2D eigenvalue weighted by molar-refractivity contribution is 5.80. The molecule has 0 fully saturated rings. The molecule has 3 heteroatoms. The summed E-state index contributed by atoms with van der Waals surface area (Å²) in [7, 11) is 2.12. The fourth-order valence-corrected chi connectivity index (χ4v) is 3.78. The van der Waals surface area contributed by atoms with E-state index in [0.29, 0.717) is 0 Å². The van der Waals surface area contributed by atoms with Crippen LogP contribution in [-0.4, -0.2) is 9.55 Å². The van der Waals surface area contributed by atoms with Crippen LogP contribution in [0.15, 0.2) is 60.8 Å². The first-order chi connectivity index (χ1) is 11.7. The second-order valence-corrected chi connectivity index (χ2v) is 6.52. The minimum absolute atomic E-state index is 0.893. The van der Waals surface area contributed by atoms with Crippen LogP contribution in [0.2, 0.25) is 0 Å². The van der Waals surface area contributed by atoms with Crippen molar-refractivity contribution in [1.29, 1.82) is 0 Å². The molecule has 0 bridgehead atoms. The molecule has 0 saturated heterocycles. The Kier molecular flexibility index (Phi) is 2.69. The van der Waals surface area contributed by atoms with Gasteiger partial charge in [0.15, 0.2) is 6.20 Å². The van der Waals surface area contributed by atoms with Crippen LogP contribution in [0.3, 0.4) is 0 Å². The molecular weight excluding hydrogens is 294 g/mol. The van der Waals surface area contributed by atoms with E-state index >= 15 is 0 Å². The number of para-hydroxylation sites is 2. The van der Waals surface area contributed by atoms with Crippen molar-refractivity contribution in [2.45, 2.75) is 13.3 Å². The smallest absolute Gasteiger partial charge is 0.212 e. The van der Waals surface area contributed by atoms with E-state index in [2.05, 4.69) is 77.8 Å². The molecule has 0 unspecified atom stereocenters. The molecule has 0 atom stereocenters. The van der Waals surface area contributed by atoms with Gasteiger partial charge in [0.25, 0.3) is 0 Å². The summed E-state index contributed by atoms with van der Waals surface area (Å²) in [5.41, 5.74) is 8.70. The zero-order chi connectivity index (χ0) is 16.3. The van der Waals surface area contributed by atoms with Gasteiger partial charge in [-0.3, -0.25) is 4.57 Å². The Hall–Kier alpha value is -2.94. The van der Waals surface area contributed by atoms with Crippen molar-refractivity contribution in [3.63, 3.8) is 0 Å². The number of aryl methyl sites for hydroxylation is 2. The highest BCUT2D eigenvalue weighted by atomic mass is 15.1. The van der Waals surface area contributed by atoms with Crippen LogP contribution in [0.25, 0.3) is 28.0 Å². The first-order valence-corrected chi connectivity index (χ1v) is 8.27.